The first-order valence-electron chi connectivity index (χ1n) is 7.67. The van der Waals surface area contributed by atoms with Crippen LogP contribution in [0.5, 0.6) is 0 Å². The fourth-order valence-electron chi connectivity index (χ4n) is 3.27. The molecule has 2 unspecified atom stereocenters. The molecule has 5 heteroatoms. The molecule has 0 saturated carbocycles. The first-order valence-corrected chi connectivity index (χ1v) is 7.67. The third-order valence-corrected chi connectivity index (χ3v) is 4.49. The number of benzene rings is 1. The van der Waals surface area contributed by atoms with Crippen molar-refractivity contribution in [3.05, 3.63) is 35.6 Å². The molecule has 2 fully saturated rings. The van der Waals surface area contributed by atoms with Crippen LogP contribution in [0.3, 0.4) is 0 Å². The summed E-state index contributed by atoms with van der Waals surface area (Å²) in [7, 11) is 0. The third-order valence-electron chi connectivity index (χ3n) is 4.49. The first kappa shape index (κ1) is 14.5. The highest BCUT2D eigenvalue weighted by Gasteiger charge is 2.33. The lowest BCUT2D eigenvalue weighted by molar-refractivity contribution is -0.128. The maximum atomic E-state index is 13.1. The number of hydrogen-bond donors (Lipinski definition) is 1. The van der Waals surface area contributed by atoms with Crippen LogP contribution in [0.4, 0.5) is 4.39 Å². The predicted molar refractivity (Wildman–Crippen MR) is 79.1 cm³/mol. The van der Waals surface area contributed by atoms with Gasteiger partial charge in [-0.05, 0) is 50.6 Å². The molecule has 0 spiro atoms. The van der Waals surface area contributed by atoms with Crippen molar-refractivity contribution in [2.75, 3.05) is 26.2 Å². The van der Waals surface area contributed by atoms with E-state index in [1.54, 1.807) is 12.1 Å². The van der Waals surface area contributed by atoms with Crippen molar-refractivity contribution in [1.82, 2.24) is 15.1 Å². The van der Waals surface area contributed by atoms with E-state index < -0.39 is 0 Å². The predicted octanol–water partition coefficient (Wildman–Crippen LogP) is 1.74. The Kier molecular flexibility index (Phi) is 4.22. The van der Waals surface area contributed by atoms with Crippen molar-refractivity contribution in [2.45, 2.75) is 32.0 Å². The van der Waals surface area contributed by atoms with E-state index in [1.165, 1.54) is 25.0 Å². The number of rotatable bonds is 4. The second kappa shape index (κ2) is 6.12. The molecule has 1 aromatic carbocycles. The molecule has 0 bridgehead atoms. The Morgan fingerprint density at radius 3 is 2.62 bits per heavy atom. The molecule has 0 aliphatic carbocycles. The lowest BCUT2D eigenvalue weighted by Crippen LogP contribution is -2.43. The zero-order valence-electron chi connectivity index (χ0n) is 12.4. The summed E-state index contributed by atoms with van der Waals surface area (Å²) in [4.78, 5) is 16.5. The zero-order valence-corrected chi connectivity index (χ0v) is 12.4. The van der Waals surface area contributed by atoms with Crippen LogP contribution in [-0.4, -0.2) is 47.9 Å². The Hall–Kier alpha value is -1.46. The van der Waals surface area contributed by atoms with Crippen LogP contribution >= 0.6 is 0 Å². The van der Waals surface area contributed by atoms with E-state index in [0.29, 0.717) is 19.1 Å². The van der Waals surface area contributed by atoms with E-state index in [1.807, 2.05) is 4.90 Å². The molecule has 0 aromatic heterocycles. The summed E-state index contributed by atoms with van der Waals surface area (Å²) >= 11 is 0. The van der Waals surface area contributed by atoms with Crippen LogP contribution in [0, 0.1) is 5.82 Å². The second-order valence-electron chi connectivity index (χ2n) is 5.97. The SMILES string of the molecule is CC(CN1C(=O)CNC1c1ccc(F)cc1)N1CCCC1. The molecular formula is C16H22FN3O. The number of hydrogen-bond acceptors (Lipinski definition) is 3. The molecule has 1 N–H and O–H groups in total. The molecule has 114 valence electrons. The largest absolute Gasteiger partial charge is 0.320 e. The van der Waals surface area contributed by atoms with Crippen molar-refractivity contribution in [3.63, 3.8) is 0 Å². The van der Waals surface area contributed by atoms with Crippen molar-refractivity contribution in [1.29, 1.82) is 0 Å². The van der Waals surface area contributed by atoms with Gasteiger partial charge in [-0.1, -0.05) is 12.1 Å². The fourth-order valence-corrected chi connectivity index (χ4v) is 3.27. The Morgan fingerprint density at radius 1 is 1.29 bits per heavy atom. The summed E-state index contributed by atoms with van der Waals surface area (Å²) in [5, 5.41) is 3.22. The van der Waals surface area contributed by atoms with Crippen LogP contribution in [0.25, 0.3) is 0 Å². The summed E-state index contributed by atoms with van der Waals surface area (Å²) in [5.74, 6) is -0.129. The summed E-state index contributed by atoms with van der Waals surface area (Å²) < 4.78 is 13.1. The third kappa shape index (κ3) is 3.09. The van der Waals surface area contributed by atoms with Gasteiger partial charge in [0, 0.05) is 12.6 Å². The lowest BCUT2D eigenvalue weighted by atomic mass is 10.1. The highest BCUT2D eigenvalue weighted by atomic mass is 19.1. The van der Waals surface area contributed by atoms with Crippen LogP contribution in [-0.2, 0) is 4.79 Å². The molecule has 2 aliphatic heterocycles. The monoisotopic (exact) mass is 291 g/mol. The van der Waals surface area contributed by atoms with Gasteiger partial charge in [-0.25, -0.2) is 4.39 Å². The molecule has 0 radical (unpaired) electrons. The van der Waals surface area contributed by atoms with Gasteiger partial charge in [-0.2, -0.15) is 0 Å². The molecular weight excluding hydrogens is 269 g/mol. The molecule has 21 heavy (non-hydrogen) atoms. The van der Waals surface area contributed by atoms with Gasteiger partial charge in [0.1, 0.15) is 12.0 Å². The topological polar surface area (TPSA) is 35.6 Å². The Morgan fingerprint density at radius 2 is 1.95 bits per heavy atom. The van der Waals surface area contributed by atoms with Gasteiger partial charge in [0.25, 0.3) is 0 Å². The fraction of sp³-hybridized carbons (Fsp3) is 0.562. The molecule has 1 amide bonds. The summed E-state index contributed by atoms with van der Waals surface area (Å²) in [5.41, 5.74) is 0.941. The maximum absolute atomic E-state index is 13.1. The van der Waals surface area contributed by atoms with Crippen LogP contribution in [0.1, 0.15) is 31.5 Å². The van der Waals surface area contributed by atoms with Crippen LogP contribution in [0.15, 0.2) is 24.3 Å². The number of nitrogens with one attached hydrogen (secondary N) is 1. The van der Waals surface area contributed by atoms with Gasteiger partial charge < -0.3 is 4.90 Å². The van der Waals surface area contributed by atoms with E-state index in [0.717, 1.165) is 18.7 Å². The van der Waals surface area contributed by atoms with Crippen molar-refractivity contribution in [3.8, 4) is 0 Å². The van der Waals surface area contributed by atoms with Crippen molar-refractivity contribution >= 4 is 5.91 Å². The van der Waals surface area contributed by atoms with E-state index in [9.17, 15) is 9.18 Å². The first-order chi connectivity index (χ1) is 10.1. The average Bonchev–Trinajstić information content (AvgIpc) is 3.11. The zero-order chi connectivity index (χ0) is 14.8. The van der Waals surface area contributed by atoms with E-state index in [2.05, 4.69) is 17.1 Å². The molecule has 2 atom stereocenters. The number of carbonyl (C=O) groups excluding carboxylic acids is 1. The summed E-state index contributed by atoms with van der Waals surface area (Å²) in [6.45, 7) is 5.50. The van der Waals surface area contributed by atoms with Crippen LogP contribution < -0.4 is 5.32 Å². The van der Waals surface area contributed by atoms with Gasteiger partial charge in [-0.3, -0.25) is 15.0 Å². The van der Waals surface area contributed by atoms with Crippen molar-refractivity contribution < 1.29 is 9.18 Å². The number of amides is 1. The Balaban J connectivity index is 1.71. The molecule has 2 aliphatic rings. The maximum Gasteiger partial charge on any atom is 0.238 e. The number of halogens is 1. The molecule has 1 aromatic rings. The van der Waals surface area contributed by atoms with E-state index >= 15 is 0 Å². The molecule has 2 heterocycles. The van der Waals surface area contributed by atoms with Gasteiger partial charge in [0.05, 0.1) is 6.54 Å². The highest BCUT2D eigenvalue weighted by molar-refractivity contribution is 5.81. The standard InChI is InChI=1S/C16H22FN3O/c1-12(19-8-2-3-9-19)11-20-15(21)10-18-16(20)13-4-6-14(17)7-5-13/h4-7,12,16,18H,2-3,8-11H2,1H3. The number of carbonyl (C=O) groups is 1. The van der Waals surface area contributed by atoms with E-state index in [-0.39, 0.29) is 17.9 Å². The minimum atomic E-state index is -0.250. The van der Waals surface area contributed by atoms with Gasteiger partial charge in [0.2, 0.25) is 5.91 Å². The average molecular weight is 291 g/mol. The minimum Gasteiger partial charge on any atom is -0.320 e. The van der Waals surface area contributed by atoms with E-state index in [4.69, 9.17) is 0 Å². The number of nitrogens with zero attached hydrogens (tertiary/aromatic N) is 2. The summed E-state index contributed by atoms with van der Waals surface area (Å²) in [6, 6.07) is 6.75. The quantitative estimate of drug-likeness (QED) is 0.918. The summed E-state index contributed by atoms with van der Waals surface area (Å²) in [6.07, 6.45) is 2.36. The molecule has 4 nitrogen and oxygen atoms in total. The number of likely N-dealkylation sites (tertiary alicyclic amines) is 1. The minimum absolute atomic E-state index is 0.121. The molecule has 3 rings (SSSR count). The Bertz CT molecular complexity index is 499. The van der Waals surface area contributed by atoms with Gasteiger partial charge in [0.15, 0.2) is 0 Å². The normalized spacial score (nSPS) is 24.8. The molecule has 2 saturated heterocycles. The van der Waals surface area contributed by atoms with Crippen molar-refractivity contribution in [2.24, 2.45) is 0 Å². The van der Waals surface area contributed by atoms with Crippen LogP contribution in [0.2, 0.25) is 0 Å². The highest BCUT2D eigenvalue weighted by Crippen LogP contribution is 2.24. The Labute approximate surface area is 124 Å². The lowest BCUT2D eigenvalue weighted by Gasteiger charge is -2.31. The van der Waals surface area contributed by atoms with Gasteiger partial charge >= 0.3 is 0 Å². The van der Waals surface area contributed by atoms with Gasteiger partial charge in [-0.15, -0.1) is 0 Å². The second-order valence-corrected chi connectivity index (χ2v) is 5.97. The smallest absolute Gasteiger partial charge is 0.238 e.